The lowest BCUT2D eigenvalue weighted by molar-refractivity contribution is -0.137. The van der Waals surface area contributed by atoms with Crippen molar-refractivity contribution in [3.8, 4) is 6.07 Å². The normalized spacial score (nSPS) is 14.9. The number of amides is 2. The number of nitrogens with zero attached hydrogens (tertiary/aromatic N) is 3. The van der Waals surface area contributed by atoms with Crippen LogP contribution in [0.3, 0.4) is 0 Å². The van der Waals surface area contributed by atoms with Crippen molar-refractivity contribution in [2.45, 2.75) is 25.8 Å². The topological polar surface area (TPSA) is 84.6 Å². The second kappa shape index (κ2) is 8.55. The van der Waals surface area contributed by atoms with Gasteiger partial charge in [-0.1, -0.05) is 29.8 Å². The van der Waals surface area contributed by atoms with E-state index >= 15 is 0 Å². The van der Waals surface area contributed by atoms with Gasteiger partial charge in [0.25, 0.3) is 0 Å². The third-order valence-electron chi connectivity index (χ3n) is 4.13. The van der Waals surface area contributed by atoms with Crippen molar-refractivity contribution in [2.24, 2.45) is 5.92 Å². The lowest BCUT2D eigenvalue weighted by Crippen LogP contribution is -2.47. The maximum absolute atomic E-state index is 12.8. The summed E-state index contributed by atoms with van der Waals surface area (Å²) in [5, 5.41) is 18.4. The Morgan fingerprint density at radius 2 is 2.00 bits per heavy atom. The van der Waals surface area contributed by atoms with E-state index in [2.05, 4.69) is 6.07 Å². The first-order valence-electron chi connectivity index (χ1n) is 7.90. The first kappa shape index (κ1) is 18.1. The van der Waals surface area contributed by atoms with Crippen molar-refractivity contribution >= 4 is 23.6 Å². The minimum Gasteiger partial charge on any atom is -0.481 e. The summed E-state index contributed by atoms with van der Waals surface area (Å²) in [7, 11) is 0. The number of nitriles is 1. The van der Waals surface area contributed by atoms with E-state index in [0.29, 0.717) is 31.0 Å². The molecule has 1 saturated heterocycles. The lowest BCUT2D eigenvalue weighted by atomic mass is 9.99. The first-order valence-corrected chi connectivity index (χ1v) is 8.27. The number of rotatable bonds is 5. The fraction of sp³-hybridized carbons (Fsp3) is 0.471. The van der Waals surface area contributed by atoms with Crippen LogP contribution in [0.5, 0.6) is 0 Å². The molecular weight excluding hydrogens is 330 g/mol. The number of aliphatic carboxylic acids is 1. The number of urea groups is 1. The first-order chi connectivity index (χ1) is 11.5. The fourth-order valence-corrected chi connectivity index (χ4v) is 2.90. The number of carboxylic acid groups (broad SMARTS) is 1. The van der Waals surface area contributed by atoms with E-state index in [9.17, 15) is 9.59 Å². The van der Waals surface area contributed by atoms with Gasteiger partial charge in [0.15, 0.2) is 0 Å². The zero-order valence-corrected chi connectivity index (χ0v) is 14.1. The monoisotopic (exact) mass is 349 g/mol. The molecule has 0 atom stereocenters. The van der Waals surface area contributed by atoms with Gasteiger partial charge < -0.3 is 14.9 Å². The maximum atomic E-state index is 12.8. The third-order valence-corrected chi connectivity index (χ3v) is 4.50. The quantitative estimate of drug-likeness (QED) is 0.885. The van der Waals surface area contributed by atoms with Crippen molar-refractivity contribution in [3.63, 3.8) is 0 Å². The Hall–Kier alpha value is -2.26. The van der Waals surface area contributed by atoms with E-state index in [1.165, 1.54) is 4.90 Å². The molecule has 1 N–H and O–H groups in total. The Bertz CT molecular complexity index is 636. The number of piperidine rings is 1. The number of benzene rings is 1. The Morgan fingerprint density at radius 1 is 1.33 bits per heavy atom. The molecule has 24 heavy (non-hydrogen) atoms. The number of likely N-dealkylation sites (tertiary alicyclic amines) is 1. The van der Waals surface area contributed by atoms with Crippen LogP contribution in [-0.2, 0) is 11.3 Å². The summed E-state index contributed by atoms with van der Waals surface area (Å²) in [6.45, 7) is 1.42. The van der Waals surface area contributed by atoms with Crippen LogP contribution < -0.4 is 0 Å². The van der Waals surface area contributed by atoms with Gasteiger partial charge in [-0.2, -0.15) is 5.26 Å². The summed E-state index contributed by atoms with van der Waals surface area (Å²) >= 11 is 6.16. The highest BCUT2D eigenvalue weighted by molar-refractivity contribution is 6.31. The predicted octanol–water partition coefficient (Wildman–Crippen LogP) is 2.97. The van der Waals surface area contributed by atoms with Crippen LogP contribution >= 0.6 is 11.6 Å². The summed E-state index contributed by atoms with van der Waals surface area (Å²) in [6.07, 6.45) is 1.19. The number of hydrogen-bond donors (Lipinski definition) is 1. The van der Waals surface area contributed by atoms with E-state index in [-0.39, 0.29) is 31.5 Å². The van der Waals surface area contributed by atoms with Crippen molar-refractivity contribution in [1.82, 2.24) is 9.80 Å². The van der Waals surface area contributed by atoms with Gasteiger partial charge in [-0.3, -0.25) is 4.79 Å². The molecule has 0 aliphatic carbocycles. The zero-order valence-electron chi connectivity index (χ0n) is 13.3. The van der Waals surface area contributed by atoms with Crippen molar-refractivity contribution in [2.75, 3.05) is 19.6 Å². The minimum absolute atomic E-state index is 0.00918. The van der Waals surface area contributed by atoms with Crippen molar-refractivity contribution in [1.29, 1.82) is 5.26 Å². The van der Waals surface area contributed by atoms with E-state index in [0.717, 1.165) is 5.56 Å². The zero-order chi connectivity index (χ0) is 17.5. The lowest BCUT2D eigenvalue weighted by Gasteiger charge is -2.34. The molecule has 7 heteroatoms. The Balaban J connectivity index is 2.07. The molecule has 1 fully saturated rings. The van der Waals surface area contributed by atoms with Crippen LogP contribution in [0.1, 0.15) is 24.8 Å². The largest absolute Gasteiger partial charge is 0.481 e. The average molecular weight is 350 g/mol. The van der Waals surface area contributed by atoms with Gasteiger partial charge >= 0.3 is 12.0 Å². The van der Waals surface area contributed by atoms with Crippen molar-refractivity contribution < 1.29 is 14.7 Å². The summed E-state index contributed by atoms with van der Waals surface area (Å²) in [5.41, 5.74) is 0.782. The molecule has 2 rings (SSSR count). The van der Waals surface area contributed by atoms with Gasteiger partial charge in [0.2, 0.25) is 0 Å². The standard InChI is InChI=1S/C17H20ClN3O3/c18-15-4-2-1-3-14(15)12-21(10-7-16(22)23)17(24)20-8-5-13(11-19)6-9-20/h1-4,13H,5-10,12H2,(H,22,23). The molecule has 1 aromatic carbocycles. The van der Waals surface area contributed by atoms with Gasteiger partial charge in [-0.25, -0.2) is 4.79 Å². The molecule has 1 heterocycles. The van der Waals surface area contributed by atoms with E-state index < -0.39 is 5.97 Å². The minimum atomic E-state index is -0.949. The highest BCUT2D eigenvalue weighted by Crippen LogP contribution is 2.21. The average Bonchev–Trinajstić information content (AvgIpc) is 2.59. The molecule has 1 aromatic rings. The summed E-state index contributed by atoms with van der Waals surface area (Å²) in [6, 6.07) is 9.24. The van der Waals surface area contributed by atoms with Crippen LogP contribution in [0, 0.1) is 17.2 Å². The number of hydrogen-bond acceptors (Lipinski definition) is 3. The number of carbonyl (C=O) groups excluding carboxylic acids is 1. The molecule has 0 aromatic heterocycles. The van der Waals surface area contributed by atoms with E-state index in [1.54, 1.807) is 11.0 Å². The van der Waals surface area contributed by atoms with Crippen LogP contribution in [0.2, 0.25) is 5.02 Å². The fourth-order valence-electron chi connectivity index (χ4n) is 2.71. The second-order valence-corrected chi connectivity index (χ2v) is 6.24. The molecule has 128 valence electrons. The molecule has 1 aliphatic rings. The molecule has 0 saturated carbocycles. The summed E-state index contributed by atoms with van der Waals surface area (Å²) in [5.74, 6) is -0.958. The van der Waals surface area contributed by atoms with Gasteiger partial charge in [0.05, 0.1) is 12.5 Å². The predicted molar refractivity (Wildman–Crippen MR) is 89.4 cm³/mol. The van der Waals surface area contributed by atoms with Crippen LogP contribution in [0.25, 0.3) is 0 Å². The molecular formula is C17H20ClN3O3. The second-order valence-electron chi connectivity index (χ2n) is 5.83. The SMILES string of the molecule is N#CC1CCN(C(=O)N(CCC(=O)O)Cc2ccccc2Cl)CC1. The van der Waals surface area contributed by atoms with Gasteiger partial charge in [-0.15, -0.1) is 0 Å². The highest BCUT2D eigenvalue weighted by atomic mass is 35.5. The highest BCUT2D eigenvalue weighted by Gasteiger charge is 2.26. The van der Waals surface area contributed by atoms with Gasteiger partial charge in [0, 0.05) is 37.1 Å². The Kier molecular flexibility index (Phi) is 6.44. The maximum Gasteiger partial charge on any atom is 0.320 e. The van der Waals surface area contributed by atoms with Crippen LogP contribution in [0.15, 0.2) is 24.3 Å². The van der Waals surface area contributed by atoms with Crippen LogP contribution in [0.4, 0.5) is 4.79 Å². The molecule has 2 amide bonds. The van der Waals surface area contributed by atoms with E-state index in [1.807, 2.05) is 18.2 Å². The number of carboxylic acids is 1. The van der Waals surface area contributed by atoms with Crippen LogP contribution in [-0.4, -0.2) is 46.5 Å². The Morgan fingerprint density at radius 3 is 2.58 bits per heavy atom. The molecule has 0 unspecified atom stereocenters. The van der Waals surface area contributed by atoms with Crippen molar-refractivity contribution in [3.05, 3.63) is 34.9 Å². The molecule has 0 radical (unpaired) electrons. The molecule has 0 bridgehead atoms. The molecule has 0 spiro atoms. The smallest absolute Gasteiger partial charge is 0.320 e. The number of halogens is 1. The summed E-state index contributed by atoms with van der Waals surface area (Å²) in [4.78, 5) is 26.8. The van der Waals surface area contributed by atoms with E-state index in [4.69, 9.17) is 22.0 Å². The Labute approximate surface area is 146 Å². The third kappa shape index (κ3) is 4.87. The molecule has 6 nitrogen and oxygen atoms in total. The van der Waals surface area contributed by atoms with Gasteiger partial charge in [-0.05, 0) is 24.5 Å². The summed E-state index contributed by atoms with van der Waals surface area (Å²) < 4.78 is 0. The molecule has 1 aliphatic heterocycles. The van der Waals surface area contributed by atoms with Gasteiger partial charge in [0.1, 0.15) is 0 Å². The number of carbonyl (C=O) groups is 2.